The van der Waals surface area contributed by atoms with Crippen LogP contribution in [0.25, 0.3) is 0 Å². The van der Waals surface area contributed by atoms with E-state index in [0.29, 0.717) is 25.8 Å². The zero-order valence-corrected chi connectivity index (χ0v) is 18.1. The number of hydrogen-bond acceptors (Lipinski definition) is 3. The minimum absolute atomic E-state index is 0.114. The Morgan fingerprint density at radius 2 is 1.82 bits per heavy atom. The highest BCUT2D eigenvalue weighted by Crippen LogP contribution is 2.22. The molecule has 3 rings (SSSR count). The van der Waals surface area contributed by atoms with Crippen molar-refractivity contribution in [2.75, 3.05) is 24.2 Å². The molecule has 1 atom stereocenters. The van der Waals surface area contributed by atoms with Gasteiger partial charge in [0.1, 0.15) is 0 Å². The van der Waals surface area contributed by atoms with Gasteiger partial charge in [0.25, 0.3) is 0 Å². The maximum atomic E-state index is 12.7. The molecule has 2 aromatic carbocycles. The van der Waals surface area contributed by atoms with E-state index in [2.05, 4.69) is 21.2 Å². The Morgan fingerprint density at radius 1 is 1.11 bits per heavy atom. The molecule has 0 spiro atoms. The third-order valence-corrected chi connectivity index (χ3v) is 7.42. The van der Waals surface area contributed by atoms with Crippen LogP contribution in [0.15, 0.2) is 59.1 Å². The lowest BCUT2D eigenvalue weighted by molar-refractivity contribution is -0.120. The van der Waals surface area contributed by atoms with Crippen molar-refractivity contribution < 1.29 is 13.2 Å². The lowest BCUT2D eigenvalue weighted by Gasteiger charge is -2.31. The first-order valence-corrected chi connectivity index (χ1v) is 11.9. The first-order chi connectivity index (χ1) is 13.4. The molecule has 0 unspecified atom stereocenters. The fourth-order valence-corrected chi connectivity index (χ4v) is 5.27. The van der Waals surface area contributed by atoms with E-state index in [9.17, 15) is 13.2 Å². The highest BCUT2D eigenvalue weighted by molar-refractivity contribution is 9.10. The lowest BCUT2D eigenvalue weighted by atomic mass is 9.99. The molecule has 0 bridgehead atoms. The van der Waals surface area contributed by atoms with Gasteiger partial charge in [0.15, 0.2) is 0 Å². The monoisotopic (exact) mass is 464 g/mol. The van der Waals surface area contributed by atoms with Gasteiger partial charge in [-0.3, -0.25) is 4.79 Å². The SMILES string of the molecule is O=C(Nc1ccc(Br)cc1)[C@@H]1CCCN(S(=O)(=O)CCCc2ccccc2)C1. The summed E-state index contributed by atoms with van der Waals surface area (Å²) in [6.45, 7) is 0.756. The van der Waals surface area contributed by atoms with E-state index in [1.807, 2.05) is 54.6 Å². The van der Waals surface area contributed by atoms with Crippen LogP contribution in [0, 0.1) is 5.92 Å². The number of hydrogen-bond donors (Lipinski definition) is 1. The molecule has 2 aromatic rings. The molecule has 7 heteroatoms. The molecule has 1 N–H and O–H groups in total. The van der Waals surface area contributed by atoms with Crippen molar-refractivity contribution in [2.24, 2.45) is 5.92 Å². The van der Waals surface area contributed by atoms with Gasteiger partial charge < -0.3 is 5.32 Å². The maximum Gasteiger partial charge on any atom is 0.228 e. The number of nitrogens with zero attached hydrogens (tertiary/aromatic N) is 1. The predicted octanol–water partition coefficient (Wildman–Crippen LogP) is 4.06. The van der Waals surface area contributed by atoms with Crippen molar-refractivity contribution in [1.82, 2.24) is 4.31 Å². The fourth-order valence-electron chi connectivity index (χ4n) is 3.42. The summed E-state index contributed by atoms with van der Waals surface area (Å²) in [6, 6.07) is 17.3. The molecule has 0 saturated carbocycles. The predicted molar refractivity (Wildman–Crippen MR) is 116 cm³/mol. The average molecular weight is 465 g/mol. The van der Waals surface area contributed by atoms with Crippen LogP contribution in [0.2, 0.25) is 0 Å². The molecule has 1 saturated heterocycles. The van der Waals surface area contributed by atoms with E-state index in [1.165, 1.54) is 4.31 Å². The number of rotatable bonds is 7. The van der Waals surface area contributed by atoms with E-state index in [-0.39, 0.29) is 24.1 Å². The van der Waals surface area contributed by atoms with E-state index >= 15 is 0 Å². The molecule has 0 radical (unpaired) electrons. The minimum Gasteiger partial charge on any atom is -0.326 e. The zero-order chi connectivity index (χ0) is 20.0. The summed E-state index contributed by atoms with van der Waals surface area (Å²) < 4.78 is 27.9. The Labute approximate surface area is 175 Å². The number of halogens is 1. The summed E-state index contributed by atoms with van der Waals surface area (Å²) >= 11 is 3.37. The number of aryl methyl sites for hydroxylation is 1. The van der Waals surface area contributed by atoms with Gasteiger partial charge in [-0.2, -0.15) is 0 Å². The Kier molecular flexibility index (Phi) is 7.26. The first kappa shape index (κ1) is 21.0. The number of piperidine rings is 1. The zero-order valence-electron chi connectivity index (χ0n) is 15.7. The molecule has 0 aliphatic carbocycles. The Balaban J connectivity index is 1.53. The van der Waals surface area contributed by atoms with Gasteiger partial charge in [-0.1, -0.05) is 46.3 Å². The third kappa shape index (κ3) is 5.90. The van der Waals surface area contributed by atoms with Gasteiger partial charge in [0.2, 0.25) is 15.9 Å². The highest BCUT2D eigenvalue weighted by atomic mass is 79.9. The Hall–Kier alpha value is -1.70. The summed E-state index contributed by atoms with van der Waals surface area (Å²) in [4.78, 5) is 12.6. The molecular weight excluding hydrogens is 440 g/mol. The Morgan fingerprint density at radius 3 is 2.54 bits per heavy atom. The van der Waals surface area contributed by atoms with Crippen LogP contribution in [0.3, 0.4) is 0 Å². The lowest BCUT2D eigenvalue weighted by Crippen LogP contribution is -2.44. The first-order valence-electron chi connectivity index (χ1n) is 9.52. The van der Waals surface area contributed by atoms with Crippen LogP contribution < -0.4 is 5.32 Å². The average Bonchev–Trinajstić information content (AvgIpc) is 2.70. The minimum atomic E-state index is -3.35. The fraction of sp³-hybridized carbons (Fsp3) is 0.381. The standard InChI is InChI=1S/C21H25BrN2O3S/c22-19-10-12-20(13-11-19)23-21(25)18-9-4-14-24(16-18)28(26,27)15-5-8-17-6-2-1-3-7-17/h1-3,6-7,10-13,18H,4-5,8-9,14-16H2,(H,23,25)/t18-/m1/s1. The summed E-state index contributed by atoms with van der Waals surface area (Å²) in [6.07, 6.45) is 2.73. The van der Waals surface area contributed by atoms with Gasteiger partial charge in [-0.25, -0.2) is 12.7 Å². The van der Waals surface area contributed by atoms with Gasteiger partial charge in [0, 0.05) is 23.2 Å². The number of carbonyl (C=O) groups excluding carboxylic acids is 1. The second-order valence-electron chi connectivity index (χ2n) is 7.10. The largest absolute Gasteiger partial charge is 0.326 e. The number of anilines is 1. The van der Waals surface area contributed by atoms with Crippen LogP contribution in [0.5, 0.6) is 0 Å². The smallest absolute Gasteiger partial charge is 0.228 e. The third-order valence-electron chi connectivity index (χ3n) is 4.97. The van der Waals surface area contributed by atoms with Crippen molar-refractivity contribution in [1.29, 1.82) is 0 Å². The summed E-state index contributed by atoms with van der Waals surface area (Å²) in [5.41, 5.74) is 1.86. The topological polar surface area (TPSA) is 66.5 Å². The van der Waals surface area contributed by atoms with Gasteiger partial charge >= 0.3 is 0 Å². The molecule has 1 fully saturated rings. The molecule has 150 valence electrons. The van der Waals surface area contributed by atoms with Crippen molar-refractivity contribution in [3.8, 4) is 0 Å². The maximum absolute atomic E-state index is 12.7. The number of sulfonamides is 1. The van der Waals surface area contributed by atoms with Crippen molar-refractivity contribution in [2.45, 2.75) is 25.7 Å². The molecule has 1 aliphatic rings. The van der Waals surface area contributed by atoms with Crippen molar-refractivity contribution in [3.63, 3.8) is 0 Å². The quantitative estimate of drug-likeness (QED) is 0.671. The van der Waals surface area contributed by atoms with Crippen LogP contribution >= 0.6 is 15.9 Å². The molecule has 28 heavy (non-hydrogen) atoms. The summed E-state index contributed by atoms with van der Waals surface area (Å²) in [7, 11) is -3.35. The second kappa shape index (κ2) is 9.67. The van der Waals surface area contributed by atoms with Crippen LogP contribution in [0.4, 0.5) is 5.69 Å². The summed E-state index contributed by atoms with van der Waals surface area (Å²) in [5.74, 6) is -0.323. The van der Waals surface area contributed by atoms with E-state index in [1.54, 1.807) is 0 Å². The molecule has 5 nitrogen and oxygen atoms in total. The van der Waals surface area contributed by atoms with E-state index < -0.39 is 10.0 Å². The van der Waals surface area contributed by atoms with Gasteiger partial charge in [-0.05, 0) is 55.5 Å². The van der Waals surface area contributed by atoms with E-state index in [0.717, 1.165) is 22.1 Å². The van der Waals surface area contributed by atoms with E-state index in [4.69, 9.17) is 0 Å². The number of carbonyl (C=O) groups is 1. The van der Waals surface area contributed by atoms with Crippen LogP contribution in [0.1, 0.15) is 24.8 Å². The summed E-state index contributed by atoms with van der Waals surface area (Å²) in [5, 5.41) is 2.89. The molecular formula is C21H25BrN2O3S. The van der Waals surface area contributed by atoms with Crippen molar-refractivity contribution >= 4 is 37.5 Å². The second-order valence-corrected chi connectivity index (χ2v) is 10.1. The molecule has 1 heterocycles. The normalized spacial score (nSPS) is 18.0. The van der Waals surface area contributed by atoms with Crippen LogP contribution in [-0.2, 0) is 21.2 Å². The molecule has 1 aliphatic heterocycles. The number of nitrogens with one attached hydrogen (secondary N) is 1. The molecule has 0 aromatic heterocycles. The van der Waals surface area contributed by atoms with Gasteiger partial charge in [-0.15, -0.1) is 0 Å². The van der Waals surface area contributed by atoms with Crippen LogP contribution in [-0.4, -0.2) is 37.5 Å². The Bertz CT molecular complexity index is 886. The van der Waals surface area contributed by atoms with Crippen molar-refractivity contribution in [3.05, 3.63) is 64.6 Å². The number of benzene rings is 2. The molecule has 1 amide bonds. The van der Waals surface area contributed by atoms with Gasteiger partial charge in [0.05, 0.1) is 11.7 Å². The highest BCUT2D eigenvalue weighted by Gasteiger charge is 2.32. The number of amides is 1.